The lowest BCUT2D eigenvalue weighted by Crippen LogP contribution is -2.47. The number of piperazine rings is 1. The summed E-state index contributed by atoms with van der Waals surface area (Å²) in [6, 6.07) is 12.2. The molecule has 3 nitrogen and oxygen atoms in total. The molecule has 1 saturated heterocycles. The number of ether oxygens (including phenoxy) is 1. The van der Waals surface area contributed by atoms with E-state index in [2.05, 4.69) is 23.1 Å². The molecule has 1 aliphatic heterocycles. The lowest BCUT2D eigenvalue weighted by atomic mass is 10.1. The normalized spacial score (nSPS) is 17.4. The topological polar surface area (TPSA) is 15.7 Å². The van der Waals surface area contributed by atoms with Crippen LogP contribution in [0.15, 0.2) is 42.5 Å². The zero-order valence-corrected chi connectivity index (χ0v) is 16.5. The molecule has 0 aromatic heterocycles. The van der Waals surface area contributed by atoms with Gasteiger partial charge in [-0.2, -0.15) is 13.2 Å². The van der Waals surface area contributed by atoms with E-state index in [-0.39, 0.29) is 0 Å². The van der Waals surface area contributed by atoms with Crippen molar-refractivity contribution in [3.8, 4) is 5.75 Å². The minimum Gasteiger partial charge on any atom is -0.493 e. The first kappa shape index (κ1) is 20.1. The number of alkyl halides is 3. The van der Waals surface area contributed by atoms with Gasteiger partial charge in [0.25, 0.3) is 0 Å². The standard InChI is InChI=1S/C23H27F3N2O/c24-23(25,26)20-9-1-2-10-21(20)28-15-13-27(14-16-28)12-5-17-29-22-11-4-7-18-6-3-8-19(18)22/h1-2,4,7,9-11H,3,5-6,8,12-17H2. The van der Waals surface area contributed by atoms with E-state index in [4.69, 9.17) is 4.74 Å². The Balaban J connectivity index is 1.24. The first-order chi connectivity index (χ1) is 14.0. The third kappa shape index (κ3) is 4.69. The van der Waals surface area contributed by atoms with Gasteiger partial charge in [-0.15, -0.1) is 0 Å². The number of nitrogens with zero attached hydrogens (tertiary/aromatic N) is 2. The zero-order chi connectivity index (χ0) is 20.3. The molecule has 2 aliphatic rings. The number of rotatable bonds is 6. The maximum atomic E-state index is 13.3. The van der Waals surface area contributed by atoms with E-state index >= 15 is 0 Å². The quantitative estimate of drug-likeness (QED) is 0.644. The van der Waals surface area contributed by atoms with Crippen molar-refractivity contribution in [1.82, 2.24) is 4.90 Å². The first-order valence-electron chi connectivity index (χ1n) is 10.4. The highest BCUT2D eigenvalue weighted by molar-refractivity contribution is 5.55. The number of anilines is 1. The molecule has 0 radical (unpaired) electrons. The van der Waals surface area contributed by atoms with Crippen LogP contribution in [0.25, 0.3) is 0 Å². The minimum absolute atomic E-state index is 0.293. The van der Waals surface area contributed by atoms with Crippen LogP contribution in [-0.4, -0.2) is 44.2 Å². The number of hydrogen-bond acceptors (Lipinski definition) is 3. The fraction of sp³-hybridized carbons (Fsp3) is 0.478. The van der Waals surface area contributed by atoms with Crippen molar-refractivity contribution in [3.63, 3.8) is 0 Å². The predicted octanol–water partition coefficient (Wildman–Crippen LogP) is 4.79. The van der Waals surface area contributed by atoms with Crippen LogP contribution in [0.3, 0.4) is 0 Å². The Labute approximate surface area is 170 Å². The molecule has 0 spiro atoms. The van der Waals surface area contributed by atoms with Crippen LogP contribution >= 0.6 is 0 Å². The Morgan fingerprint density at radius 1 is 0.897 bits per heavy atom. The summed E-state index contributed by atoms with van der Waals surface area (Å²) in [5.41, 5.74) is 2.53. The Kier molecular flexibility index (Phi) is 5.99. The summed E-state index contributed by atoms with van der Waals surface area (Å²) in [6.45, 7) is 4.34. The monoisotopic (exact) mass is 404 g/mol. The van der Waals surface area contributed by atoms with Crippen LogP contribution in [-0.2, 0) is 19.0 Å². The molecule has 29 heavy (non-hydrogen) atoms. The second kappa shape index (κ2) is 8.66. The predicted molar refractivity (Wildman–Crippen MR) is 109 cm³/mol. The second-order valence-electron chi connectivity index (χ2n) is 7.79. The van der Waals surface area contributed by atoms with Crippen molar-refractivity contribution in [2.24, 2.45) is 0 Å². The Hall–Kier alpha value is -2.21. The maximum Gasteiger partial charge on any atom is 0.418 e. The molecule has 4 rings (SSSR count). The van der Waals surface area contributed by atoms with Crippen molar-refractivity contribution in [2.45, 2.75) is 31.9 Å². The van der Waals surface area contributed by atoms with Gasteiger partial charge in [0.05, 0.1) is 12.2 Å². The van der Waals surface area contributed by atoms with Gasteiger partial charge in [-0.1, -0.05) is 24.3 Å². The summed E-state index contributed by atoms with van der Waals surface area (Å²) in [4.78, 5) is 4.16. The van der Waals surface area contributed by atoms with Crippen LogP contribution in [0.5, 0.6) is 5.75 Å². The molecule has 2 aromatic rings. The summed E-state index contributed by atoms with van der Waals surface area (Å²) in [7, 11) is 0. The highest BCUT2D eigenvalue weighted by Gasteiger charge is 2.35. The van der Waals surface area contributed by atoms with Crippen LogP contribution in [0.1, 0.15) is 29.5 Å². The molecule has 2 aromatic carbocycles. The van der Waals surface area contributed by atoms with Crippen molar-refractivity contribution < 1.29 is 17.9 Å². The number of hydrogen-bond donors (Lipinski definition) is 0. The van der Waals surface area contributed by atoms with Gasteiger partial charge in [-0.25, -0.2) is 0 Å². The summed E-state index contributed by atoms with van der Waals surface area (Å²) in [6.07, 6.45) is 0.0596. The molecular formula is C23H27F3N2O. The maximum absolute atomic E-state index is 13.3. The molecule has 6 heteroatoms. The smallest absolute Gasteiger partial charge is 0.418 e. The van der Waals surface area contributed by atoms with Crippen molar-refractivity contribution in [2.75, 3.05) is 44.2 Å². The average Bonchev–Trinajstić information content (AvgIpc) is 3.21. The van der Waals surface area contributed by atoms with Gasteiger partial charge in [-0.3, -0.25) is 4.90 Å². The summed E-state index contributed by atoms with van der Waals surface area (Å²) < 4.78 is 45.8. The fourth-order valence-corrected chi connectivity index (χ4v) is 4.39. The van der Waals surface area contributed by atoms with Gasteiger partial charge in [0.1, 0.15) is 5.75 Å². The van der Waals surface area contributed by atoms with Crippen LogP contribution in [0.4, 0.5) is 18.9 Å². The van der Waals surface area contributed by atoms with Gasteiger partial charge < -0.3 is 9.64 Å². The summed E-state index contributed by atoms with van der Waals surface area (Å²) >= 11 is 0. The van der Waals surface area contributed by atoms with Gasteiger partial charge in [0.15, 0.2) is 0 Å². The van der Waals surface area contributed by atoms with Crippen molar-refractivity contribution >= 4 is 5.69 Å². The fourth-order valence-electron chi connectivity index (χ4n) is 4.39. The van der Waals surface area contributed by atoms with E-state index in [0.29, 0.717) is 25.4 Å². The van der Waals surface area contributed by atoms with Gasteiger partial charge in [-0.05, 0) is 55.0 Å². The largest absolute Gasteiger partial charge is 0.493 e. The van der Waals surface area contributed by atoms with Crippen molar-refractivity contribution in [3.05, 3.63) is 59.2 Å². The van der Waals surface area contributed by atoms with Crippen LogP contribution < -0.4 is 9.64 Å². The number of benzene rings is 2. The lowest BCUT2D eigenvalue weighted by molar-refractivity contribution is -0.137. The SMILES string of the molecule is FC(F)(F)c1ccccc1N1CCN(CCCOc2cccc3c2CCC3)CC1. The zero-order valence-electron chi connectivity index (χ0n) is 16.5. The Bertz CT molecular complexity index is 829. The number of para-hydroxylation sites is 1. The summed E-state index contributed by atoms with van der Waals surface area (Å²) in [5.74, 6) is 1.02. The van der Waals surface area contributed by atoms with Gasteiger partial charge in [0, 0.05) is 38.4 Å². The Morgan fingerprint density at radius 2 is 1.69 bits per heavy atom. The molecule has 0 N–H and O–H groups in total. The molecule has 0 atom stereocenters. The van der Waals surface area contributed by atoms with E-state index in [1.165, 1.54) is 29.7 Å². The molecule has 0 unspecified atom stereocenters. The Morgan fingerprint density at radius 3 is 2.48 bits per heavy atom. The van der Waals surface area contributed by atoms with E-state index in [0.717, 1.165) is 44.6 Å². The lowest BCUT2D eigenvalue weighted by Gasteiger charge is -2.37. The van der Waals surface area contributed by atoms with Gasteiger partial charge in [0.2, 0.25) is 0 Å². The third-order valence-corrected chi connectivity index (χ3v) is 5.90. The van der Waals surface area contributed by atoms with E-state index in [1.807, 2.05) is 4.90 Å². The highest BCUT2D eigenvalue weighted by atomic mass is 19.4. The number of halogens is 3. The molecule has 1 fully saturated rings. The molecule has 1 aliphatic carbocycles. The summed E-state index contributed by atoms with van der Waals surface area (Å²) in [5, 5.41) is 0. The van der Waals surface area contributed by atoms with Gasteiger partial charge >= 0.3 is 6.18 Å². The van der Waals surface area contributed by atoms with Crippen LogP contribution in [0, 0.1) is 0 Å². The molecule has 0 bridgehead atoms. The van der Waals surface area contributed by atoms with Crippen molar-refractivity contribution in [1.29, 1.82) is 0 Å². The van der Waals surface area contributed by atoms with E-state index < -0.39 is 11.7 Å². The number of fused-ring (bicyclic) bond motifs is 1. The first-order valence-corrected chi connectivity index (χ1v) is 10.4. The average molecular weight is 404 g/mol. The second-order valence-corrected chi connectivity index (χ2v) is 7.79. The van der Waals surface area contributed by atoms with E-state index in [9.17, 15) is 13.2 Å². The van der Waals surface area contributed by atoms with E-state index in [1.54, 1.807) is 12.1 Å². The molecule has 0 amide bonds. The molecule has 0 saturated carbocycles. The molecule has 1 heterocycles. The minimum atomic E-state index is -4.32. The molecule has 156 valence electrons. The van der Waals surface area contributed by atoms with Crippen LogP contribution in [0.2, 0.25) is 0 Å². The highest BCUT2D eigenvalue weighted by Crippen LogP contribution is 2.36. The number of aryl methyl sites for hydroxylation is 1. The third-order valence-electron chi connectivity index (χ3n) is 5.90. The molecular weight excluding hydrogens is 377 g/mol.